The van der Waals surface area contributed by atoms with Gasteiger partial charge in [-0.2, -0.15) is 0 Å². The van der Waals surface area contributed by atoms with Gasteiger partial charge in [0.1, 0.15) is 12.3 Å². The highest BCUT2D eigenvalue weighted by atomic mass is 16.5. The highest BCUT2D eigenvalue weighted by Gasteiger charge is 2.25. The van der Waals surface area contributed by atoms with Gasteiger partial charge in [-0.15, -0.1) is 0 Å². The van der Waals surface area contributed by atoms with Crippen LogP contribution in [0.25, 0.3) is 16.8 Å². The molecule has 2 amide bonds. The molecule has 186 valence electrons. The highest BCUT2D eigenvalue weighted by Crippen LogP contribution is 2.26. The lowest BCUT2D eigenvalue weighted by atomic mass is 9.96. The Morgan fingerprint density at radius 3 is 2.38 bits per heavy atom. The molecule has 0 saturated carbocycles. The van der Waals surface area contributed by atoms with Crippen LogP contribution in [0.5, 0.6) is 0 Å². The molecule has 7 nitrogen and oxygen atoms in total. The Hall–Kier alpha value is -4.59. The molecule has 0 bridgehead atoms. The summed E-state index contributed by atoms with van der Waals surface area (Å²) in [6.45, 7) is 0.328. The van der Waals surface area contributed by atoms with Crippen molar-refractivity contribution in [1.82, 2.24) is 16.1 Å². The quantitative estimate of drug-likeness (QED) is 0.114. The van der Waals surface area contributed by atoms with E-state index in [2.05, 4.69) is 10.6 Å². The van der Waals surface area contributed by atoms with Gasteiger partial charge in [-0.05, 0) is 45.2 Å². The number of benzene rings is 4. The van der Waals surface area contributed by atoms with E-state index < -0.39 is 18.0 Å². The number of carbonyl (C=O) groups is 3. The van der Waals surface area contributed by atoms with E-state index in [4.69, 9.17) is 5.21 Å². The maximum absolute atomic E-state index is 13.5. The Bertz CT molecular complexity index is 1410. The number of hydroxylamine groups is 1. The second-order valence-electron chi connectivity index (χ2n) is 8.46. The van der Waals surface area contributed by atoms with Crippen molar-refractivity contribution in [3.8, 4) is 0 Å². The molecule has 0 saturated heterocycles. The molecule has 4 aromatic rings. The Morgan fingerprint density at radius 2 is 1.59 bits per heavy atom. The van der Waals surface area contributed by atoms with Crippen molar-refractivity contribution >= 4 is 34.9 Å². The highest BCUT2D eigenvalue weighted by molar-refractivity contribution is 5.91. The van der Waals surface area contributed by atoms with Gasteiger partial charge in [-0.1, -0.05) is 91.0 Å². The van der Waals surface area contributed by atoms with E-state index in [1.807, 2.05) is 72.8 Å². The summed E-state index contributed by atoms with van der Waals surface area (Å²) in [7, 11) is 0. The average Bonchev–Trinajstić information content (AvgIpc) is 2.95. The van der Waals surface area contributed by atoms with Crippen LogP contribution in [-0.4, -0.2) is 23.3 Å². The maximum Gasteiger partial charge on any atom is 0.267 e. The van der Waals surface area contributed by atoms with Crippen LogP contribution in [0.2, 0.25) is 0 Å². The largest absolute Gasteiger partial charge is 0.350 e. The fourth-order valence-electron chi connectivity index (χ4n) is 4.17. The summed E-state index contributed by atoms with van der Waals surface area (Å²) >= 11 is 0. The standard InChI is InChI=1S/C30H27N3O4/c34-20-27(26-15-7-12-23-11-4-5-14-25(23)26)32-29(30(36)31-19-22-8-2-1-3-9-22)24-13-6-10-21(18-24)16-17-28(35)33-37/h1-18,20,27,29,32,37H,19H2,(H,31,36)(H,33,35)/b17-16+. The molecule has 0 aromatic heterocycles. The van der Waals surface area contributed by atoms with E-state index in [1.54, 1.807) is 29.7 Å². The number of fused-ring (bicyclic) bond motifs is 1. The zero-order valence-corrected chi connectivity index (χ0v) is 20.0. The van der Waals surface area contributed by atoms with Crippen molar-refractivity contribution in [2.24, 2.45) is 0 Å². The molecule has 37 heavy (non-hydrogen) atoms. The molecule has 0 aliphatic heterocycles. The van der Waals surface area contributed by atoms with Gasteiger partial charge in [0.2, 0.25) is 5.91 Å². The smallest absolute Gasteiger partial charge is 0.267 e. The lowest BCUT2D eigenvalue weighted by Crippen LogP contribution is -2.39. The predicted molar refractivity (Wildman–Crippen MR) is 142 cm³/mol. The number of aldehydes is 1. The molecular weight excluding hydrogens is 466 g/mol. The van der Waals surface area contributed by atoms with Gasteiger partial charge in [0, 0.05) is 12.6 Å². The molecule has 2 unspecified atom stereocenters. The van der Waals surface area contributed by atoms with Crippen LogP contribution >= 0.6 is 0 Å². The zero-order valence-electron chi connectivity index (χ0n) is 20.0. The number of amides is 2. The van der Waals surface area contributed by atoms with Crippen LogP contribution in [0.15, 0.2) is 103 Å². The number of rotatable bonds is 10. The topological polar surface area (TPSA) is 108 Å². The van der Waals surface area contributed by atoms with Crippen LogP contribution in [0.3, 0.4) is 0 Å². The van der Waals surface area contributed by atoms with Gasteiger partial charge in [0.25, 0.3) is 5.91 Å². The molecule has 0 aliphatic carbocycles. The summed E-state index contributed by atoms with van der Waals surface area (Å²) in [4.78, 5) is 37.2. The minimum atomic E-state index is -0.863. The van der Waals surface area contributed by atoms with E-state index in [-0.39, 0.29) is 5.91 Å². The molecule has 0 aliphatic rings. The molecule has 2 atom stereocenters. The second-order valence-corrected chi connectivity index (χ2v) is 8.46. The molecule has 0 spiro atoms. The van der Waals surface area contributed by atoms with Crippen molar-refractivity contribution in [2.45, 2.75) is 18.6 Å². The number of carbonyl (C=O) groups excluding carboxylic acids is 3. The van der Waals surface area contributed by atoms with E-state index in [9.17, 15) is 14.4 Å². The normalized spacial score (nSPS) is 12.7. The van der Waals surface area contributed by atoms with Crippen molar-refractivity contribution in [3.05, 3.63) is 125 Å². The summed E-state index contributed by atoms with van der Waals surface area (Å²) in [6, 6.07) is 28.5. The van der Waals surface area contributed by atoms with Gasteiger partial charge in [0.15, 0.2) is 0 Å². The first kappa shape index (κ1) is 25.5. The molecule has 0 fully saturated rings. The molecule has 7 heteroatoms. The van der Waals surface area contributed by atoms with Crippen molar-refractivity contribution in [2.75, 3.05) is 0 Å². The molecule has 0 radical (unpaired) electrons. The predicted octanol–water partition coefficient (Wildman–Crippen LogP) is 4.25. The first-order valence-corrected chi connectivity index (χ1v) is 11.8. The fourth-order valence-corrected chi connectivity index (χ4v) is 4.17. The molecule has 0 heterocycles. The minimum Gasteiger partial charge on any atom is -0.350 e. The Morgan fingerprint density at radius 1 is 0.865 bits per heavy atom. The maximum atomic E-state index is 13.5. The zero-order chi connectivity index (χ0) is 26.0. The van der Waals surface area contributed by atoms with Gasteiger partial charge in [-0.3, -0.25) is 20.1 Å². The molecule has 4 aromatic carbocycles. The first-order valence-electron chi connectivity index (χ1n) is 11.8. The third kappa shape index (κ3) is 6.55. The molecule has 4 N–H and O–H groups in total. The number of nitrogens with one attached hydrogen (secondary N) is 3. The second kappa shape index (κ2) is 12.4. The van der Waals surface area contributed by atoms with Crippen molar-refractivity contribution in [3.63, 3.8) is 0 Å². The van der Waals surface area contributed by atoms with Crippen LogP contribution in [-0.2, 0) is 20.9 Å². The summed E-state index contributed by atoms with van der Waals surface area (Å²) in [5, 5.41) is 16.9. The Kier molecular flexibility index (Phi) is 8.54. The van der Waals surface area contributed by atoms with Crippen molar-refractivity contribution < 1.29 is 19.6 Å². The lowest BCUT2D eigenvalue weighted by molar-refractivity contribution is -0.124. The Balaban J connectivity index is 1.67. The van der Waals surface area contributed by atoms with Crippen LogP contribution in [0.1, 0.15) is 34.3 Å². The lowest BCUT2D eigenvalue weighted by Gasteiger charge is -2.24. The van der Waals surface area contributed by atoms with E-state index in [0.717, 1.165) is 28.2 Å². The van der Waals surface area contributed by atoms with E-state index in [1.165, 1.54) is 12.2 Å². The third-order valence-electron chi connectivity index (χ3n) is 5.99. The van der Waals surface area contributed by atoms with Crippen LogP contribution in [0, 0.1) is 0 Å². The average molecular weight is 494 g/mol. The van der Waals surface area contributed by atoms with E-state index >= 15 is 0 Å². The molecule has 4 rings (SSSR count). The third-order valence-corrected chi connectivity index (χ3v) is 5.99. The summed E-state index contributed by atoms with van der Waals surface area (Å²) < 4.78 is 0. The monoisotopic (exact) mass is 493 g/mol. The summed E-state index contributed by atoms with van der Waals surface area (Å²) in [5.41, 5.74) is 4.53. The Labute approximate surface area is 214 Å². The van der Waals surface area contributed by atoms with Gasteiger partial charge >= 0.3 is 0 Å². The van der Waals surface area contributed by atoms with Gasteiger partial charge in [-0.25, -0.2) is 5.48 Å². The van der Waals surface area contributed by atoms with E-state index in [0.29, 0.717) is 17.7 Å². The summed E-state index contributed by atoms with van der Waals surface area (Å²) in [5.74, 6) is -0.970. The van der Waals surface area contributed by atoms with Crippen molar-refractivity contribution in [1.29, 1.82) is 0 Å². The first-order chi connectivity index (χ1) is 18.1. The van der Waals surface area contributed by atoms with Gasteiger partial charge < -0.3 is 10.1 Å². The van der Waals surface area contributed by atoms with Gasteiger partial charge in [0.05, 0.1) is 6.04 Å². The fraction of sp³-hybridized carbons (Fsp3) is 0.100. The number of hydrogen-bond donors (Lipinski definition) is 4. The number of hydrogen-bond acceptors (Lipinski definition) is 5. The molecular formula is C30H27N3O4. The van der Waals surface area contributed by atoms with Crippen LogP contribution < -0.4 is 16.1 Å². The summed E-state index contributed by atoms with van der Waals surface area (Å²) in [6.07, 6.45) is 3.51. The minimum absolute atomic E-state index is 0.301. The SMILES string of the molecule is O=CC(NC(C(=O)NCc1ccccc1)c1cccc(/C=C/C(=O)NO)c1)c1cccc2ccccc12. The van der Waals surface area contributed by atoms with Crippen LogP contribution in [0.4, 0.5) is 0 Å².